The molecule has 1 heterocycles. The van der Waals surface area contributed by atoms with Crippen LogP contribution in [-0.4, -0.2) is 40.1 Å². The fraction of sp³-hybridized carbons (Fsp3) is 0.833. The van der Waals surface area contributed by atoms with Crippen molar-refractivity contribution in [2.75, 3.05) is 0 Å². The van der Waals surface area contributed by atoms with Crippen LogP contribution < -0.4 is 5.32 Å². The van der Waals surface area contributed by atoms with Gasteiger partial charge in [-0.3, -0.25) is 0 Å². The van der Waals surface area contributed by atoms with Gasteiger partial charge < -0.3 is 15.3 Å². The van der Waals surface area contributed by atoms with Crippen molar-refractivity contribution in [2.45, 2.75) is 64.6 Å². The molecular weight excluding hydrogens is 220 g/mol. The number of carbonyl (C=O) groups is 2. The van der Waals surface area contributed by atoms with Crippen LogP contribution in [-0.2, 0) is 4.79 Å². The molecule has 3 atom stereocenters. The van der Waals surface area contributed by atoms with E-state index in [0.29, 0.717) is 6.42 Å². The molecule has 2 N–H and O–H groups in total. The van der Waals surface area contributed by atoms with Crippen molar-refractivity contribution in [1.82, 2.24) is 10.2 Å². The molecule has 17 heavy (non-hydrogen) atoms. The summed E-state index contributed by atoms with van der Waals surface area (Å²) >= 11 is 0. The van der Waals surface area contributed by atoms with Crippen LogP contribution in [0, 0.1) is 0 Å². The van der Waals surface area contributed by atoms with E-state index in [0.717, 1.165) is 19.3 Å². The Morgan fingerprint density at radius 3 is 2.29 bits per heavy atom. The van der Waals surface area contributed by atoms with Crippen LogP contribution in [0.5, 0.6) is 0 Å². The molecule has 0 bridgehead atoms. The third kappa shape index (κ3) is 3.35. The summed E-state index contributed by atoms with van der Waals surface area (Å²) in [5.74, 6) is -0.974. The maximum Gasteiger partial charge on any atom is 0.326 e. The molecule has 0 spiro atoms. The van der Waals surface area contributed by atoms with Gasteiger partial charge in [0.15, 0.2) is 0 Å². The zero-order chi connectivity index (χ0) is 13.0. The minimum atomic E-state index is -0.974. The van der Waals surface area contributed by atoms with Gasteiger partial charge in [-0.25, -0.2) is 9.59 Å². The number of carboxylic acids is 1. The van der Waals surface area contributed by atoms with Gasteiger partial charge in [-0.05, 0) is 39.5 Å². The monoisotopic (exact) mass is 242 g/mol. The quantitative estimate of drug-likeness (QED) is 0.793. The molecule has 2 unspecified atom stereocenters. The average molecular weight is 242 g/mol. The summed E-state index contributed by atoms with van der Waals surface area (Å²) in [4.78, 5) is 24.7. The first-order valence-electron chi connectivity index (χ1n) is 6.29. The smallest absolute Gasteiger partial charge is 0.326 e. The summed E-state index contributed by atoms with van der Waals surface area (Å²) in [6, 6.07) is -0.669. The molecular formula is C12H22N2O3. The highest BCUT2D eigenvalue weighted by Gasteiger charge is 2.30. The first kappa shape index (κ1) is 13.8. The number of amides is 2. The number of likely N-dealkylation sites (tertiary alicyclic amines) is 1. The van der Waals surface area contributed by atoms with E-state index in [2.05, 4.69) is 5.32 Å². The summed E-state index contributed by atoms with van der Waals surface area (Å²) in [5.41, 5.74) is 0. The van der Waals surface area contributed by atoms with Crippen LogP contribution in [0.25, 0.3) is 0 Å². The Morgan fingerprint density at radius 2 is 1.88 bits per heavy atom. The molecule has 0 aromatic rings. The van der Waals surface area contributed by atoms with Crippen molar-refractivity contribution in [1.29, 1.82) is 0 Å². The lowest BCUT2D eigenvalue weighted by atomic mass is 9.98. The van der Waals surface area contributed by atoms with Crippen molar-refractivity contribution >= 4 is 12.0 Å². The molecule has 2 amide bonds. The Kier molecular flexibility index (Phi) is 4.78. The van der Waals surface area contributed by atoms with Gasteiger partial charge in [0.1, 0.15) is 6.04 Å². The van der Waals surface area contributed by atoms with Crippen LogP contribution in [0.3, 0.4) is 0 Å². The van der Waals surface area contributed by atoms with Crippen molar-refractivity contribution in [2.24, 2.45) is 0 Å². The van der Waals surface area contributed by atoms with E-state index in [1.807, 2.05) is 13.8 Å². The van der Waals surface area contributed by atoms with E-state index in [-0.39, 0.29) is 18.1 Å². The fourth-order valence-corrected chi connectivity index (χ4v) is 2.38. The van der Waals surface area contributed by atoms with Crippen LogP contribution >= 0.6 is 0 Å². The van der Waals surface area contributed by atoms with Crippen molar-refractivity contribution in [3.8, 4) is 0 Å². The van der Waals surface area contributed by atoms with Crippen LogP contribution in [0.4, 0.5) is 4.79 Å². The molecule has 98 valence electrons. The first-order chi connectivity index (χ1) is 7.97. The number of aliphatic carboxylic acids is 1. The summed E-state index contributed by atoms with van der Waals surface area (Å²) in [6.07, 6.45) is 3.50. The Balaban J connectivity index is 2.64. The van der Waals surface area contributed by atoms with Gasteiger partial charge in [-0.2, -0.15) is 0 Å². The zero-order valence-corrected chi connectivity index (χ0v) is 10.8. The van der Waals surface area contributed by atoms with Gasteiger partial charge >= 0.3 is 12.0 Å². The lowest BCUT2D eigenvalue weighted by Crippen LogP contribution is -2.55. The minimum Gasteiger partial charge on any atom is -0.480 e. The van der Waals surface area contributed by atoms with E-state index in [4.69, 9.17) is 5.11 Å². The molecule has 0 aromatic carbocycles. The normalized spacial score (nSPS) is 26.4. The second-order valence-electron chi connectivity index (χ2n) is 4.78. The number of urea groups is 1. The predicted molar refractivity (Wildman–Crippen MR) is 64.9 cm³/mol. The standard InChI is InChI=1S/C12H22N2O3/c1-4-10(11(15)16)13-12(17)14-8(2)6-5-7-9(14)3/h8-10H,4-7H2,1-3H3,(H,13,17)(H,15,16)/t8?,9?,10-/m0/s1. The molecule has 1 fully saturated rings. The summed E-state index contributed by atoms with van der Waals surface area (Å²) < 4.78 is 0. The largest absolute Gasteiger partial charge is 0.480 e. The number of nitrogens with one attached hydrogen (secondary N) is 1. The Labute approximate surface area is 102 Å². The Bertz CT molecular complexity index is 283. The topological polar surface area (TPSA) is 69.6 Å². The number of nitrogens with zero attached hydrogens (tertiary/aromatic N) is 1. The zero-order valence-electron chi connectivity index (χ0n) is 10.8. The Hall–Kier alpha value is -1.26. The van der Waals surface area contributed by atoms with E-state index in [9.17, 15) is 9.59 Å². The third-order valence-electron chi connectivity index (χ3n) is 3.43. The predicted octanol–water partition coefficient (Wildman–Crippen LogP) is 1.82. The number of carbonyl (C=O) groups excluding carboxylic acids is 1. The number of piperidine rings is 1. The minimum absolute atomic E-state index is 0.185. The molecule has 0 aliphatic carbocycles. The molecule has 1 aliphatic rings. The SMILES string of the molecule is CC[C@H](NC(=O)N1C(C)CCCC1C)C(=O)O. The highest BCUT2D eigenvalue weighted by atomic mass is 16.4. The van der Waals surface area contributed by atoms with E-state index in [1.165, 1.54) is 0 Å². The van der Waals surface area contributed by atoms with E-state index >= 15 is 0 Å². The average Bonchev–Trinajstić information content (AvgIpc) is 2.25. The van der Waals surface area contributed by atoms with Gasteiger partial charge in [0.2, 0.25) is 0 Å². The van der Waals surface area contributed by atoms with Gasteiger partial charge in [-0.15, -0.1) is 0 Å². The molecule has 1 aliphatic heterocycles. The van der Waals surface area contributed by atoms with Gasteiger partial charge in [-0.1, -0.05) is 6.92 Å². The molecule has 0 radical (unpaired) electrons. The fourth-order valence-electron chi connectivity index (χ4n) is 2.38. The highest BCUT2D eigenvalue weighted by Crippen LogP contribution is 2.22. The maximum absolute atomic E-state index is 12.0. The van der Waals surface area contributed by atoms with Crippen LogP contribution in [0.1, 0.15) is 46.5 Å². The van der Waals surface area contributed by atoms with E-state index in [1.54, 1.807) is 11.8 Å². The second kappa shape index (κ2) is 5.89. The lowest BCUT2D eigenvalue weighted by molar-refractivity contribution is -0.139. The van der Waals surface area contributed by atoms with E-state index < -0.39 is 12.0 Å². The van der Waals surface area contributed by atoms with Gasteiger partial charge in [0, 0.05) is 12.1 Å². The van der Waals surface area contributed by atoms with Crippen LogP contribution in [0.15, 0.2) is 0 Å². The molecule has 1 rings (SSSR count). The highest BCUT2D eigenvalue weighted by molar-refractivity contribution is 5.82. The Morgan fingerprint density at radius 1 is 1.35 bits per heavy atom. The third-order valence-corrected chi connectivity index (χ3v) is 3.43. The molecule has 0 saturated carbocycles. The number of hydrogen-bond donors (Lipinski definition) is 2. The van der Waals surface area contributed by atoms with Gasteiger partial charge in [0.25, 0.3) is 0 Å². The summed E-state index contributed by atoms with van der Waals surface area (Å²) in [7, 11) is 0. The lowest BCUT2D eigenvalue weighted by Gasteiger charge is -2.39. The number of carboxylic acid groups (broad SMARTS) is 1. The molecule has 5 nitrogen and oxygen atoms in total. The van der Waals surface area contributed by atoms with Gasteiger partial charge in [0.05, 0.1) is 0 Å². The summed E-state index contributed by atoms with van der Waals surface area (Å²) in [5, 5.41) is 11.5. The first-order valence-corrected chi connectivity index (χ1v) is 6.29. The maximum atomic E-state index is 12.0. The van der Waals surface area contributed by atoms with Crippen molar-refractivity contribution < 1.29 is 14.7 Å². The summed E-state index contributed by atoms with van der Waals surface area (Å²) in [6.45, 7) is 5.77. The second-order valence-corrected chi connectivity index (χ2v) is 4.78. The van der Waals surface area contributed by atoms with Crippen LogP contribution in [0.2, 0.25) is 0 Å². The number of hydrogen-bond acceptors (Lipinski definition) is 2. The van der Waals surface area contributed by atoms with Crippen molar-refractivity contribution in [3.63, 3.8) is 0 Å². The number of rotatable bonds is 3. The molecule has 1 saturated heterocycles. The molecule has 0 aromatic heterocycles. The van der Waals surface area contributed by atoms with Crippen molar-refractivity contribution in [3.05, 3.63) is 0 Å². The molecule has 5 heteroatoms.